The molecule has 142 valence electrons. The average molecular weight is 361 g/mol. The number of carboxylic acid groups (broad SMARTS) is 1. The zero-order valence-corrected chi connectivity index (χ0v) is 13.8. The molecule has 25 heavy (non-hydrogen) atoms. The van der Waals surface area contributed by atoms with Gasteiger partial charge in [-0.25, -0.2) is 0 Å². The van der Waals surface area contributed by atoms with E-state index in [0.717, 1.165) is 0 Å². The highest BCUT2D eigenvalue weighted by atomic mass is 16.4. The summed E-state index contributed by atoms with van der Waals surface area (Å²) < 4.78 is 0. The zero-order valence-electron chi connectivity index (χ0n) is 13.8. The van der Waals surface area contributed by atoms with E-state index in [0.29, 0.717) is 0 Å². The van der Waals surface area contributed by atoms with Crippen LogP contribution in [0.4, 0.5) is 0 Å². The molecule has 0 fully saturated rings. The van der Waals surface area contributed by atoms with Crippen molar-refractivity contribution in [2.24, 2.45) is 11.5 Å². The molecular weight excluding hydrogens is 338 g/mol. The topological polar surface area (TPSA) is 214 Å². The van der Waals surface area contributed by atoms with E-state index in [-0.39, 0.29) is 0 Å². The fourth-order valence-corrected chi connectivity index (χ4v) is 1.65. The van der Waals surface area contributed by atoms with Gasteiger partial charge in [-0.15, -0.1) is 0 Å². The molecule has 0 rings (SSSR count). The Morgan fingerprint density at radius 2 is 1.56 bits per heavy atom. The van der Waals surface area contributed by atoms with Crippen molar-refractivity contribution >= 4 is 29.6 Å². The average Bonchev–Trinajstić information content (AvgIpc) is 2.48. The number of rotatable bonds is 10. The van der Waals surface area contributed by atoms with Gasteiger partial charge in [0.2, 0.25) is 23.6 Å². The molecule has 12 heteroatoms. The molecule has 0 spiro atoms. The minimum Gasteiger partial charge on any atom is -0.480 e. The quantitative estimate of drug-likeness (QED) is 0.202. The van der Waals surface area contributed by atoms with E-state index in [1.165, 1.54) is 13.8 Å². The number of carboxylic acids is 1. The van der Waals surface area contributed by atoms with Crippen molar-refractivity contribution in [3.63, 3.8) is 0 Å². The van der Waals surface area contributed by atoms with E-state index in [1.807, 2.05) is 5.32 Å². The molecular formula is C13H23N5O7. The van der Waals surface area contributed by atoms with Crippen molar-refractivity contribution in [3.8, 4) is 0 Å². The number of hydrogen-bond donors (Lipinski definition) is 7. The molecule has 0 bridgehead atoms. The molecule has 4 amide bonds. The summed E-state index contributed by atoms with van der Waals surface area (Å²) in [6.45, 7) is 1.82. The second-order valence-electron chi connectivity index (χ2n) is 5.35. The van der Waals surface area contributed by atoms with Gasteiger partial charge in [0.05, 0.1) is 18.6 Å². The molecule has 0 saturated carbocycles. The number of nitrogens with two attached hydrogens (primary N) is 2. The third-order valence-electron chi connectivity index (χ3n) is 2.99. The summed E-state index contributed by atoms with van der Waals surface area (Å²) in [5.74, 6) is -4.62. The van der Waals surface area contributed by atoms with Gasteiger partial charge < -0.3 is 37.6 Å². The van der Waals surface area contributed by atoms with Gasteiger partial charge in [-0.3, -0.25) is 24.0 Å². The highest BCUT2D eigenvalue weighted by Crippen LogP contribution is 1.96. The Morgan fingerprint density at radius 1 is 1.00 bits per heavy atom. The molecule has 0 aromatic rings. The molecule has 0 saturated heterocycles. The highest BCUT2D eigenvalue weighted by Gasteiger charge is 2.29. The minimum atomic E-state index is -1.43. The SMILES string of the molecule is CC(NC(=O)C(N)CC(N)=O)C(=O)NC(C(=O)NCC(=O)O)C(C)O. The second-order valence-corrected chi connectivity index (χ2v) is 5.35. The Balaban J connectivity index is 4.73. The standard InChI is InChI=1S/C13H23N5O7/c1-5(17-12(24)7(14)3-8(15)20)11(23)18-10(6(2)19)13(25)16-4-9(21)22/h5-7,10,19H,3-4,14H2,1-2H3,(H2,15,20)(H,16,25)(H,17,24)(H,18,23)(H,21,22). The normalized spacial score (nSPS) is 15.2. The number of aliphatic hydroxyl groups excluding tert-OH is 1. The van der Waals surface area contributed by atoms with Crippen molar-refractivity contribution in [3.05, 3.63) is 0 Å². The predicted octanol–water partition coefficient (Wildman–Crippen LogP) is -4.24. The van der Waals surface area contributed by atoms with Crippen LogP contribution in [0.5, 0.6) is 0 Å². The number of nitrogens with one attached hydrogen (secondary N) is 3. The summed E-state index contributed by atoms with van der Waals surface area (Å²) in [4.78, 5) is 56.7. The first-order chi connectivity index (χ1) is 11.5. The predicted molar refractivity (Wildman–Crippen MR) is 83.6 cm³/mol. The number of carbonyl (C=O) groups excluding carboxylic acids is 4. The van der Waals surface area contributed by atoms with Crippen LogP contribution in [0.25, 0.3) is 0 Å². The van der Waals surface area contributed by atoms with Crippen LogP contribution >= 0.6 is 0 Å². The summed E-state index contributed by atoms with van der Waals surface area (Å²) in [6.07, 6.45) is -1.73. The number of hydrogen-bond acceptors (Lipinski definition) is 7. The zero-order chi connectivity index (χ0) is 19.7. The second kappa shape index (κ2) is 10.2. The van der Waals surface area contributed by atoms with Crippen LogP contribution in [0.1, 0.15) is 20.3 Å². The summed E-state index contributed by atoms with van der Waals surface area (Å²) in [6, 6.07) is -3.80. The summed E-state index contributed by atoms with van der Waals surface area (Å²) in [5.41, 5.74) is 10.3. The van der Waals surface area contributed by atoms with Gasteiger partial charge in [0.1, 0.15) is 18.6 Å². The number of primary amides is 1. The third-order valence-corrected chi connectivity index (χ3v) is 2.99. The van der Waals surface area contributed by atoms with Crippen LogP contribution in [0.2, 0.25) is 0 Å². The Hall–Kier alpha value is -2.73. The van der Waals surface area contributed by atoms with Gasteiger partial charge in [-0.05, 0) is 13.8 Å². The lowest BCUT2D eigenvalue weighted by molar-refractivity contribution is -0.139. The molecule has 9 N–H and O–H groups in total. The van der Waals surface area contributed by atoms with Crippen molar-refractivity contribution in [2.45, 2.75) is 44.5 Å². The summed E-state index contributed by atoms with van der Waals surface area (Å²) in [7, 11) is 0. The van der Waals surface area contributed by atoms with Crippen molar-refractivity contribution in [1.29, 1.82) is 0 Å². The Bertz CT molecular complexity index is 537. The smallest absolute Gasteiger partial charge is 0.322 e. The molecule has 0 aliphatic carbocycles. The van der Waals surface area contributed by atoms with Gasteiger partial charge >= 0.3 is 5.97 Å². The van der Waals surface area contributed by atoms with Crippen molar-refractivity contribution < 1.29 is 34.2 Å². The van der Waals surface area contributed by atoms with Gasteiger partial charge in [-0.1, -0.05) is 0 Å². The minimum absolute atomic E-state index is 0.409. The maximum atomic E-state index is 12.0. The molecule has 0 aromatic carbocycles. The first kappa shape index (κ1) is 22.3. The lowest BCUT2D eigenvalue weighted by Gasteiger charge is -2.23. The van der Waals surface area contributed by atoms with E-state index in [2.05, 4.69) is 10.6 Å². The van der Waals surface area contributed by atoms with Gasteiger partial charge in [0, 0.05) is 0 Å². The van der Waals surface area contributed by atoms with E-state index < -0.39 is 66.8 Å². The lowest BCUT2D eigenvalue weighted by Crippen LogP contribution is -2.58. The van der Waals surface area contributed by atoms with E-state index in [1.54, 1.807) is 0 Å². The van der Waals surface area contributed by atoms with Crippen molar-refractivity contribution in [2.75, 3.05) is 6.54 Å². The Kier molecular flexibility index (Phi) is 9.09. The van der Waals surface area contributed by atoms with Gasteiger partial charge in [0.15, 0.2) is 0 Å². The fourth-order valence-electron chi connectivity index (χ4n) is 1.65. The van der Waals surface area contributed by atoms with Crippen molar-refractivity contribution in [1.82, 2.24) is 16.0 Å². The number of amides is 4. The Morgan fingerprint density at radius 3 is 2.00 bits per heavy atom. The highest BCUT2D eigenvalue weighted by molar-refractivity contribution is 5.94. The molecule has 0 radical (unpaired) electrons. The van der Waals surface area contributed by atoms with Gasteiger partial charge in [-0.2, -0.15) is 0 Å². The number of aliphatic hydroxyl groups is 1. The van der Waals surface area contributed by atoms with Crippen LogP contribution in [-0.4, -0.2) is 70.6 Å². The van der Waals surface area contributed by atoms with Crippen LogP contribution in [0.3, 0.4) is 0 Å². The molecule has 12 nitrogen and oxygen atoms in total. The van der Waals surface area contributed by atoms with Crippen LogP contribution in [0.15, 0.2) is 0 Å². The molecule has 0 aliphatic heterocycles. The van der Waals surface area contributed by atoms with E-state index in [9.17, 15) is 29.1 Å². The first-order valence-corrected chi connectivity index (χ1v) is 7.27. The maximum Gasteiger partial charge on any atom is 0.322 e. The van der Waals surface area contributed by atoms with Gasteiger partial charge in [0.25, 0.3) is 0 Å². The first-order valence-electron chi connectivity index (χ1n) is 7.27. The molecule has 0 heterocycles. The lowest BCUT2D eigenvalue weighted by atomic mass is 10.1. The number of carbonyl (C=O) groups is 5. The monoisotopic (exact) mass is 361 g/mol. The fraction of sp³-hybridized carbons (Fsp3) is 0.615. The molecule has 4 unspecified atom stereocenters. The third kappa shape index (κ3) is 8.62. The van der Waals surface area contributed by atoms with E-state index >= 15 is 0 Å². The summed E-state index contributed by atoms with van der Waals surface area (Å²) in [5, 5.41) is 24.5. The molecule has 0 aliphatic rings. The van der Waals surface area contributed by atoms with E-state index in [4.69, 9.17) is 16.6 Å². The Labute approximate surface area is 143 Å². The van der Waals surface area contributed by atoms with Crippen LogP contribution in [-0.2, 0) is 24.0 Å². The molecule has 4 atom stereocenters. The number of aliphatic carboxylic acids is 1. The van der Waals surface area contributed by atoms with Crippen LogP contribution < -0.4 is 27.4 Å². The molecule has 0 aromatic heterocycles. The maximum absolute atomic E-state index is 12.0. The largest absolute Gasteiger partial charge is 0.480 e. The summed E-state index contributed by atoms with van der Waals surface area (Å²) >= 11 is 0. The van der Waals surface area contributed by atoms with Crippen LogP contribution in [0, 0.1) is 0 Å².